The maximum absolute atomic E-state index is 6.11. The first-order chi connectivity index (χ1) is 5.83. The Morgan fingerprint density at radius 2 is 1.83 bits per heavy atom. The van der Waals surface area contributed by atoms with Gasteiger partial charge in [-0.1, -0.05) is 0 Å². The van der Waals surface area contributed by atoms with E-state index in [1.54, 1.807) is 0 Å². The molecule has 70 valence electrons. The Morgan fingerprint density at radius 3 is 2.50 bits per heavy atom. The summed E-state index contributed by atoms with van der Waals surface area (Å²) in [6.07, 6.45) is 3.17. The van der Waals surface area contributed by atoms with Crippen LogP contribution in [0.5, 0.6) is 0 Å². The Bertz CT molecular complexity index is 146. The predicted octanol–water partition coefficient (Wildman–Crippen LogP) is 0.531. The number of hydrogen-bond donors (Lipinski definition) is 1. The Morgan fingerprint density at radius 1 is 1.08 bits per heavy atom. The monoisotopic (exact) mass is 171 g/mol. The average Bonchev–Trinajstić information content (AvgIpc) is 2.12. The first-order valence-corrected chi connectivity index (χ1v) is 4.75. The van der Waals surface area contributed by atoms with Crippen molar-refractivity contribution >= 4 is 0 Å². The second-order valence-electron chi connectivity index (χ2n) is 3.92. The van der Waals surface area contributed by atoms with Crippen molar-refractivity contribution in [2.75, 3.05) is 26.4 Å². The van der Waals surface area contributed by atoms with Crippen molar-refractivity contribution in [3.8, 4) is 0 Å². The van der Waals surface area contributed by atoms with E-state index in [-0.39, 0.29) is 5.41 Å². The Kier molecular flexibility index (Phi) is 2.35. The molecule has 12 heavy (non-hydrogen) atoms. The zero-order chi connectivity index (χ0) is 8.44. The van der Waals surface area contributed by atoms with E-state index in [0.29, 0.717) is 6.04 Å². The van der Waals surface area contributed by atoms with Crippen LogP contribution in [0, 0.1) is 5.41 Å². The van der Waals surface area contributed by atoms with E-state index in [9.17, 15) is 0 Å². The molecule has 1 atom stereocenters. The second kappa shape index (κ2) is 3.32. The molecule has 1 spiro atoms. The maximum atomic E-state index is 6.11. The van der Waals surface area contributed by atoms with Crippen LogP contribution >= 0.6 is 0 Å². The van der Waals surface area contributed by atoms with E-state index in [1.165, 1.54) is 0 Å². The summed E-state index contributed by atoms with van der Waals surface area (Å²) in [6.45, 7) is 3.40. The van der Waals surface area contributed by atoms with Crippen molar-refractivity contribution in [3.05, 3.63) is 0 Å². The minimum absolute atomic E-state index is 0.247. The summed E-state index contributed by atoms with van der Waals surface area (Å²) >= 11 is 0. The van der Waals surface area contributed by atoms with E-state index in [4.69, 9.17) is 15.2 Å². The molecule has 0 aliphatic carbocycles. The molecule has 3 nitrogen and oxygen atoms in total. The van der Waals surface area contributed by atoms with Gasteiger partial charge in [0, 0.05) is 31.3 Å². The number of rotatable bonds is 0. The van der Waals surface area contributed by atoms with E-state index >= 15 is 0 Å². The maximum Gasteiger partial charge on any atom is 0.0539 e. The summed E-state index contributed by atoms with van der Waals surface area (Å²) in [5.41, 5.74) is 6.36. The smallest absolute Gasteiger partial charge is 0.0539 e. The van der Waals surface area contributed by atoms with Gasteiger partial charge in [0.05, 0.1) is 6.61 Å². The predicted molar refractivity (Wildman–Crippen MR) is 45.9 cm³/mol. The highest BCUT2D eigenvalue weighted by atomic mass is 16.5. The van der Waals surface area contributed by atoms with Crippen molar-refractivity contribution in [2.24, 2.45) is 11.1 Å². The molecule has 2 aliphatic rings. The molecule has 2 heterocycles. The lowest BCUT2D eigenvalue weighted by Gasteiger charge is -2.44. The van der Waals surface area contributed by atoms with Crippen LogP contribution in [0.4, 0.5) is 0 Å². The number of hydrogen-bond acceptors (Lipinski definition) is 3. The number of ether oxygens (including phenoxy) is 2. The lowest BCUT2D eigenvalue weighted by atomic mass is 9.72. The first kappa shape index (κ1) is 8.48. The normalized spacial score (nSPS) is 35.2. The van der Waals surface area contributed by atoms with Crippen LogP contribution in [-0.2, 0) is 9.47 Å². The lowest BCUT2D eigenvalue weighted by molar-refractivity contribution is -0.0834. The molecule has 2 N–H and O–H groups in total. The van der Waals surface area contributed by atoms with Crippen molar-refractivity contribution in [1.29, 1.82) is 0 Å². The highest BCUT2D eigenvalue weighted by Crippen LogP contribution is 2.37. The van der Waals surface area contributed by atoms with E-state index in [0.717, 1.165) is 45.7 Å². The van der Waals surface area contributed by atoms with Gasteiger partial charge in [-0.05, 0) is 19.3 Å². The van der Waals surface area contributed by atoms with Gasteiger partial charge < -0.3 is 15.2 Å². The largest absolute Gasteiger partial charge is 0.381 e. The summed E-state index contributed by atoms with van der Waals surface area (Å²) < 4.78 is 10.8. The fourth-order valence-electron chi connectivity index (χ4n) is 2.19. The van der Waals surface area contributed by atoms with Crippen molar-refractivity contribution in [1.82, 2.24) is 0 Å². The van der Waals surface area contributed by atoms with Gasteiger partial charge in [0.1, 0.15) is 0 Å². The Balaban J connectivity index is 2.04. The molecule has 1 unspecified atom stereocenters. The van der Waals surface area contributed by atoms with Gasteiger partial charge in [0.2, 0.25) is 0 Å². The van der Waals surface area contributed by atoms with Gasteiger partial charge >= 0.3 is 0 Å². The summed E-state index contributed by atoms with van der Waals surface area (Å²) in [5, 5.41) is 0. The van der Waals surface area contributed by atoms with E-state index in [1.807, 2.05) is 0 Å². The molecule has 2 fully saturated rings. The van der Waals surface area contributed by atoms with Gasteiger partial charge in [0.15, 0.2) is 0 Å². The van der Waals surface area contributed by atoms with Crippen LogP contribution in [0.15, 0.2) is 0 Å². The molecule has 0 aromatic heterocycles. The third kappa shape index (κ3) is 1.37. The van der Waals surface area contributed by atoms with Crippen LogP contribution < -0.4 is 5.73 Å². The fourth-order valence-corrected chi connectivity index (χ4v) is 2.19. The third-order valence-electron chi connectivity index (χ3n) is 3.24. The molecule has 0 bridgehead atoms. The second-order valence-corrected chi connectivity index (χ2v) is 3.92. The highest BCUT2D eigenvalue weighted by molar-refractivity contribution is 4.93. The van der Waals surface area contributed by atoms with E-state index < -0.39 is 0 Å². The van der Waals surface area contributed by atoms with E-state index in [2.05, 4.69) is 0 Å². The van der Waals surface area contributed by atoms with Crippen molar-refractivity contribution in [2.45, 2.75) is 25.3 Å². The molecular weight excluding hydrogens is 154 g/mol. The van der Waals surface area contributed by atoms with Crippen LogP contribution in [0.2, 0.25) is 0 Å². The standard InChI is InChI=1S/C9H17NO2/c10-8-1-4-12-7-9(8)2-5-11-6-3-9/h8H,1-7,10H2. The van der Waals surface area contributed by atoms with Crippen LogP contribution in [-0.4, -0.2) is 32.5 Å². The number of nitrogens with two attached hydrogens (primary N) is 1. The molecule has 2 saturated heterocycles. The Hall–Kier alpha value is -0.120. The zero-order valence-electron chi connectivity index (χ0n) is 7.42. The summed E-state index contributed by atoms with van der Waals surface area (Å²) in [7, 11) is 0. The molecular formula is C9H17NO2. The molecule has 3 heteroatoms. The lowest BCUT2D eigenvalue weighted by Crippen LogP contribution is -2.51. The topological polar surface area (TPSA) is 44.5 Å². The molecule has 0 amide bonds. The Labute approximate surface area is 73.2 Å². The SMILES string of the molecule is NC1CCOCC12CCOCC2. The summed E-state index contributed by atoms with van der Waals surface area (Å²) in [6, 6.07) is 0.329. The van der Waals surface area contributed by atoms with Crippen LogP contribution in [0.3, 0.4) is 0 Å². The zero-order valence-corrected chi connectivity index (χ0v) is 7.42. The third-order valence-corrected chi connectivity index (χ3v) is 3.24. The minimum Gasteiger partial charge on any atom is -0.381 e. The molecule has 0 saturated carbocycles. The van der Waals surface area contributed by atoms with Gasteiger partial charge in [-0.3, -0.25) is 0 Å². The van der Waals surface area contributed by atoms with Gasteiger partial charge in [-0.25, -0.2) is 0 Å². The van der Waals surface area contributed by atoms with Gasteiger partial charge in [-0.2, -0.15) is 0 Å². The fraction of sp³-hybridized carbons (Fsp3) is 1.00. The van der Waals surface area contributed by atoms with Crippen molar-refractivity contribution in [3.63, 3.8) is 0 Å². The first-order valence-electron chi connectivity index (χ1n) is 4.75. The quantitative estimate of drug-likeness (QED) is 0.578. The summed E-state index contributed by atoms with van der Waals surface area (Å²) in [4.78, 5) is 0. The van der Waals surface area contributed by atoms with Gasteiger partial charge in [0.25, 0.3) is 0 Å². The minimum atomic E-state index is 0.247. The highest BCUT2D eigenvalue weighted by Gasteiger charge is 2.40. The molecule has 0 aromatic carbocycles. The van der Waals surface area contributed by atoms with Crippen molar-refractivity contribution < 1.29 is 9.47 Å². The molecule has 0 radical (unpaired) electrons. The summed E-state index contributed by atoms with van der Waals surface area (Å²) in [5.74, 6) is 0. The van der Waals surface area contributed by atoms with Gasteiger partial charge in [-0.15, -0.1) is 0 Å². The average molecular weight is 171 g/mol. The molecule has 2 rings (SSSR count). The van der Waals surface area contributed by atoms with Crippen LogP contribution in [0.25, 0.3) is 0 Å². The molecule has 2 aliphatic heterocycles. The molecule has 0 aromatic rings. The van der Waals surface area contributed by atoms with Crippen LogP contribution in [0.1, 0.15) is 19.3 Å².